The second kappa shape index (κ2) is 3.21. The number of rotatable bonds is 2. The molecule has 0 amide bonds. The van der Waals surface area contributed by atoms with E-state index < -0.39 is 5.97 Å². The Labute approximate surface area is 78.1 Å². The number of hydrogen-bond donors (Lipinski definition) is 1. The second-order valence-corrected chi connectivity index (χ2v) is 2.42. The summed E-state index contributed by atoms with van der Waals surface area (Å²) in [6, 6.07) is 0. The minimum Gasteiger partial charge on any atom is -0.478 e. The van der Waals surface area contributed by atoms with Crippen molar-refractivity contribution in [2.45, 2.75) is 0 Å². The topological polar surface area (TPSA) is 93.8 Å². The van der Waals surface area contributed by atoms with E-state index in [1.807, 2.05) is 0 Å². The van der Waals surface area contributed by atoms with Gasteiger partial charge in [0.1, 0.15) is 12.7 Å². The molecule has 0 aromatic carbocycles. The Balaban J connectivity index is 2.36. The van der Waals surface area contributed by atoms with Crippen molar-refractivity contribution in [3.63, 3.8) is 0 Å². The summed E-state index contributed by atoms with van der Waals surface area (Å²) in [4.78, 5) is 21.8. The van der Waals surface area contributed by atoms with Crippen molar-refractivity contribution in [2.75, 3.05) is 0 Å². The largest absolute Gasteiger partial charge is 0.478 e. The summed E-state index contributed by atoms with van der Waals surface area (Å²) in [7, 11) is 0. The van der Waals surface area contributed by atoms with Crippen molar-refractivity contribution < 1.29 is 9.90 Å². The standard InChI is InChI=1S/C7H5N5O2/c13-6(14)5-1-9-7(10-2-5)12-4-8-3-11-12/h1-4H,(H,13,14). The lowest BCUT2D eigenvalue weighted by Gasteiger charge is -1.97. The van der Waals surface area contributed by atoms with Crippen LogP contribution in [0.25, 0.3) is 5.95 Å². The first-order chi connectivity index (χ1) is 6.77. The van der Waals surface area contributed by atoms with Gasteiger partial charge < -0.3 is 5.11 Å². The molecule has 7 heteroatoms. The molecule has 2 aromatic heterocycles. The fraction of sp³-hybridized carbons (Fsp3) is 0. The zero-order valence-corrected chi connectivity index (χ0v) is 6.90. The SMILES string of the molecule is O=C(O)c1cnc(-n2cncn2)nc1. The number of aromatic nitrogens is 5. The molecule has 7 nitrogen and oxygen atoms in total. The smallest absolute Gasteiger partial charge is 0.338 e. The van der Waals surface area contributed by atoms with E-state index in [-0.39, 0.29) is 11.5 Å². The van der Waals surface area contributed by atoms with E-state index in [4.69, 9.17) is 5.11 Å². The van der Waals surface area contributed by atoms with Crippen LogP contribution in [0.5, 0.6) is 0 Å². The van der Waals surface area contributed by atoms with Gasteiger partial charge in [0.2, 0.25) is 0 Å². The van der Waals surface area contributed by atoms with Crippen molar-refractivity contribution in [1.82, 2.24) is 24.7 Å². The predicted octanol–water partition coefficient (Wildman–Crippen LogP) is -0.245. The fourth-order valence-corrected chi connectivity index (χ4v) is 0.861. The number of nitrogens with zero attached hydrogens (tertiary/aromatic N) is 5. The molecule has 0 aliphatic rings. The third kappa shape index (κ3) is 1.42. The lowest BCUT2D eigenvalue weighted by Crippen LogP contribution is -2.04. The summed E-state index contributed by atoms with van der Waals surface area (Å²) in [6.07, 6.45) is 5.20. The van der Waals surface area contributed by atoms with Crippen molar-refractivity contribution >= 4 is 5.97 Å². The van der Waals surface area contributed by atoms with Crippen LogP contribution in [0, 0.1) is 0 Å². The summed E-state index contributed by atoms with van der Waals surface area (Å²) in [5, 5.41) is 12.4. The van der Waals surface area contributed by atoms with Gasteiger partial charge in [0.25, 0.3) is 5.95 Å². The highest BCUT2D eigenvalue weighted by atomic mass is 16.4. The highest BCUT2D eigenvalue weighted by Crippen LogP contribution is 1.98. The molecule has 0 bridgehead atoms. The first kappa shape index (κ1) is 8.30. The molecular weight excluding hydrogens is 186 g/mol. The molecule has 0 aliphatic carbocycles. The Morgan fingerprint density at radius 2 is 2.07 bits per heavy atom. The molecule has 2 aromatic rings. The van der Waals surface area contributed by atoms with Gasteiger partial charge in [-0.3, -0.25) is 0 Å². The molecule has 0 radical (unpaired) electrons. The number of carbonyl (C=O) groups is 1. The molecule has 0 atom stereocenters. The molecule has 0 fully saturated rings. The van der Waals surface area contributed by atoms with Crippen LogP contribution in [0.15, 0.2) is 25.0 Å². The number of hydrogen-bond acceptors (Lipinski definition) is 5. The summed E-state index contributed by atoms with van der Waals surface area (Å²) < 4.78 is 1.34. The van der Waals surface area contributed by atoms with E-state index in [1.54, 1.807) is 0 Å². The summed E-state index contributed by atoms with van der Waals surface area (Å²) in [6.45, 7) is 0. The van der Waals surface area contributed by atoms with Gasteiger partial charge in [-0.05, 0) is 0 Å². The molecule has 2 rings (SSSR count). The van der Waals surface area contributed by atoms with Crippen LogP contribution in [0.4, 0.5) is 0 Å². The van der Waals surface area contributed by atoms with Gasteiger partial charge in [0.15, 0.2) is 0 Å². The van der Waals surface area contributed by atoms with Crippen molar-refractivity contribution in [1.29, 1.82) is 0 Å². The zero-order chi connectivity index (χ0) is 9.97. The molecule has 14 heavy (non-hydrogen) atoms. The highest BCUT2D eigenvalue weighted by molar-refractivity contribution is 5.86. The Bertz CT molecular complexity index is 436. The maximum Gasteiger partial charge on any atom is 0.338 e. The summed E-state index contributed by atoms with van der Waals surface area (Å²) in [5.41, 5.74) is 0.0360. The molecule has 0 saturated carbocycles. The van der Waals surface area contributed by atoms with Gasteiger partial charge in [-0.15, -0.1) is 0 Å². The van der Waals surface area contributed by atoms with E-state index in [9.17, 15) is 4.79 Å². The third-order valence-corrected chi connectivity index (χ3v) is 1.51. The van der Waals surface area contributed by atoms with Crippen LogP contribution in [0.1, 0.15) is 10.4 Å². The average Bonchev–Trinajstić information content (AvgIpc) is 2.71. The molecular formula is C7H5N5O2. The molecule has 0 unspecified atom stereocenters. The molecule has 1 N–H and O–H groups in total. The van der Waals surface area contributed by atoms with Gasteiger partial charge in [-0.2, -0.15) is 9.78 Å². The average molecular weight is 191 g/mol. The first-order valence-corrected chi connectivity index (χ1v) is 3.68. The predicted molar refractivity (Wildman–Crippen MR) is 43.9 cm³/mol. The molecule has 70 valence electrons. The number of aromatic carboxylic acids is 1. The van der Waals surface area contributed by atoms with E-state index in [1.165, 1.54) is 29.7 Å². The van der Waals surface area contributed by atoms with Gasteiger partial charge in [0.05, 0.1) is 5.56 Å². The Kier molecular flexibility index (Phi) is 1.90. The van der Waals surface area contributed by atoms with Gasteiger partial charge >= 0.3 is 5.97 Å². The van der Waals surface area contributed by atoms with E-state index >= 15 is 0 Å². The van der Waals surface area contributed by atoms with Crippen LogP contribution >= 0.6 is 0 Å². The van der Waals surface area contributed by atoms with Crippen molar-refractivity contribution in [3.8, 4) is 5.95 Å². The first-order valence-electron chi connectivity index (χ1n) is 3.68. The number of carboxylic acids is 1. The maximum absolute atomic E-state index is 10.5. The fourth-order valence-electron chi connectivity index (χ4n) is 0.861. The van der Waals surface area contributed by atoms with Crippen molar-refractivity contribution in [3.05, 3.63) is 30.6 Å². The lowest BCUT2D eigenvalue weighted by molar-refractivity contribution is 0.0696. The van der Waals surface area contributed by atoms with E-state index in [0.29, 0.717) is 0 Å². The third-order valence-electron chi connectivity index (χ3n) is 1.51. The highest BCUT2D eigenvalue weighted by Gasteiger charge is 2.05. The Morgan fingerprint density at radius 3 is 2.57 bits per heavy atom. The lowest BCUT2D eigenvalue weighted by atomic mass is 10.4. The number of carboxylic acid groups (broad SMARTS) is 1. The van der Waals surface area contributed by atoms with Crippen molar-refractivity contribution in [2.24, 2.45) is 0 Å². The van der Waals surface area contributed by atoms with Crippen LogP contribution < -0.4 is 0 Å². The van der Waals surface area contributed by atoms with Crippen LogP contribution in [0.3, 0.4) is 0 Å². The van der Waals surface area contributed by atoms with Crippen LogP contribution in [0.2, 0.25) is 0 Å². The molecule has 0 saturated heterocycles. The summed E-state index contributed by atoms with van der Waals surface area (Å²) in [5.74, 6) is -0.775. The van der Waals surface area contributed by atoms with Crippen LogP contribution in [-0.2, 0) is 0 Å². The zero-order valence-electron chi connectivity index (χ0n) is 6.90. The minimum atomic E-state index is -1.06. The minimum absolute atomic E-state index is 0.0360. The molecule has 0 spiro atoms. The van der Waals surface area contributed by atoms with Crippen LogP contribution in [-0.4, -0.2) is 35.8 Å². The monoisotopic (exact) mass is 191 g/mol. The quantitative estimate of drug-likeness (QED) is 0.703. The Hall–Kier alpha value is -2.31. The normalized spacial score (nSPS) is 10.0. The molecule has 2 heterocycles. The van der Waals surface area contributed by atoms with Gasteiger partial charge in [0, 0.05) is 12.4 Å². The van der Waals surface area contributed by atoms with Gasteiger partial charge in [-0.25, -0.2) is 19.7 Å². The maximum atomic E-state index is 10.5. The Morgan fingerprint density at radius 1 is 1.36 bits per heavy atom. The second-order valence-electron chi connectivity index (χ2n) is 2.42. The van der Waals surface area contributed by atoms with E-state index in [2.05, 4.69) is 20.1 Å². The summed E-state index contributed by atoms with van der Waals surface area (Å²) >= 11 is 0. The van der Waals surface area contributed by atoms with E-state index in [0.717, 1.165) is 0 Å². The molecule has 0 aliphatic heterocycles. The van der Waals surface area contributed by atoms with Gasteiger partial charge in [-0.1, -0.05) is 0 Å².